The summed E-state index contributed by atoms with van der Waals surface area (Å²) in [5.74, 6) is 0.889. The van der Waals surface area contributed by atoms with Gasteiger partial charge in [0.25, 0.3) is 0 Å². The largest absolute Gasteiger partial charge is 0.367 e. The first-order valence-corrected chi connectivity index (χ1v) is 5.08. The second-order valence-corrected chi connectivity index (χ2v) is 3.87. The molecule has 2 N–H and O–H groups in total. The number of rotatable bonds is 2. The quantitative estimate of drug-likeness (QED) is 0.732. The van der Waals surface area contributed by atoms with E-state index in [1.54, 1.807) is 0 Å². The normalized spacial score (nSPS) is 15.4. The van der Waals surface area contributed by atoms with Crippen LogP contribution in [0.1, 0.15) is 25.2 Å². The van der Waals surface area contributed by atoms with E-state index in [9.17, 15) is 0 Å². The van der Waals surface area contributed by atoms with Crippen LogP contribution in [0, 0.1) is 0 Å². The first-order valence-electron chi connectivity index (χ1n) is 5.08. The van der Waals surface area contributed by atoms with Gasteiger partial charge in [-0.1, -0.05) is 0 Å². The molecule has 4 nitrogen and oxygen atoms in total. The van der Waals surface area contributed by atoms with Crippen molar-refractivity contribution in [3.63, 3.8) is 0 Å². The lowest BCUT2D eigenvalue weighted by Gasteiger charge is -2.16. The Morgan fingerprint density at radius 3 is 3.07 bits per heavy atom. The molecule has 76 valence electrons. The van der Waals surface area contributed by atoms with Crippen LogP contribution in [0.15, 0.2) is 6.20 Å². The van der Waals surface area contributed by atoms with Crippen molar-refractivity contribution in [2.75, 3.05) is 11.9 Å². The molecule has 0 saturated heterocycles. The summed E-state index contributed by atoms with van der Waals surface area (Å²) in [5.41, 5.74) is 2.22. The fraction of sp³-hybridized carbons (Fsp3) is 0.600. The predicted molar refractivity (Wildman–Crippen MR) is 56.2 cm³/mol. The summed E-state index contributed by atoms with van der Waals surface area (Å²) < 4.78 is 0. The maximum Gasteiger partial charge on any atom is 0.145 e. The highest BCUT2D eigenvalue weighted by atomic mass is 15.0. The molecule has 1 aliphatic rings. The Morgan fingerprint density at radius 1 is 1.43 bits per heavy atom. The molecule has 1 aliphatic heterocycles. The molecule has 4 heteroatoms. The van der Waals surface area contributed by atoms with E-state index in [2.05, 4.69) is 34.4 Å². The van der Waals surface area contributed by atoms with Gasteiger partial charge in [-0.2, -0.15) is 0 Å². The molecule has 0 aromatic carbocycles. The van der Waals surface area contributed by atoms with Gasteiger partial charge >= 0.3 is 0 Å². The summed E-state index contributed by atoms with van der Waals surface area (Å²) in [5, 5.41) is 6.54. The molecular weight excluding hydrogens is 176 g/mol. The SMILES string of the molecule is CC(C)Nc1cnc2c(n1)CCNC2. The molecule has 0 bridgehead atoms. The Bertz CT molecular complexity index is 322. The molecule has 2 heterocycles. The van der Waals surface area contributed by atoms with Crippen LogP contribution < -0.4 is 10.6 Å². The van der Waals surface area contributed by atoms with Gasteiger partial charge in [0.2, 0.25) is 0 Å². The summed E-state index contributed by atoms with van der Waals surface area (Å²) in [7, 11) is 0. The van der Waals surface area contributed by atoms with Crippen molar-refractivity contribution in [1.82, 2.24) is 15.3 Å². The minimum atomic E-state index is 0.407. The Kier molecular flexibility index (Phi) is 2.63. The highest BCUT2D eigenvalue weighted by Crippen LogP contribution is 2.11. The molecular formula is C10H16N4. The standard InChI is InChI=1S/C10H16N4/c1-7(2)13-10-6-12-9-5-11-4-3-8(9)14-10/h6-7,11H,3-5H2,1-2H3,(H,13,14). The van der Waals surface area contributed by atoms with Crippen LogP contribution in [-0.2, 0) is 13.0 Å². The van der Waals surface area contributed by atoms with E-state index in [0.29, 0.717) is 6.04 Å². The zero-order valence-electron chi connectivity index (χ0n) is 8.67. The van der Waals surface area contributed by atoms with E-state index in [4.69, 9.17) is 0 Å². The van der Waals surface area contributed by atoms with E-state index in [-0.39, 0.29) is 0 Å². The molecule has 0 amide bonds. The van der Waals surface area contributed by atoms with Crippen LogP contribution in [0.4, 0.5) is 5.82 Å². The van der Waals surface area contributed by atoms with Gasteiger partial charge in [-0.05, 0) is 13.8 Å². The first kappa shape index (κ1) is 9.40. The van der Waals surface area contributed by atoms with Crippen LogP contribution in [0.5, 0.6) is 0 Å². The number of anilines is 1. The second-order valence-electron chi connectivity index (χ2n) is 3.87. The van der Waals surface area contributed by atoms with Crippen molar-refractivity contribution in [1.29, 1.82) is 0 Å². The molecule has 0 fully saturated rings. The monoisotopic (exact) mass is 192 g/mol. The number of nitrogens with one attached hydrogen (secondary N) is 2. The zero-order valence-corrected chi connectivity index (χ0v) is 8.67. The van der Waals surface area contributed by atoms with Gasteiger partial charge in [-0.25, -0.2) is 4.98 Å². The van der Waals surface area contributed by atoms with Crippen LogP contribution >= 0.6 is 0 Å². The molecule has 0 aliphatic carbocycles. The van der Waals surface area contributed by atoms with Crippen molar-refractivity contribution in [2.24, 2.45) is 0 Å². The van der Waals surface area contributed by atoms with Gasteiger partial charge in [-0.3, -0.25) is 4.98 Å². The molecule has 0 spiro atoms. The number of hydrogen-bond donors (Lipinski definition) is 2. The van der Waals surface area contributed by atoms with Crippen molar-refractivity contribution in [2.45, 2.75) is 32.9 Å². The lowest BCUT2D eigenvalue weighted by molar-refractivity contribution is 0.613. The fourth-order valence-corrected chi connectivity index (χ4v) is 1.58. The smallest absolute Gasteiger partial charge is 0.145 e. The van der Waals surface area contributed by atoms with Crippen LogP contribution in [0.2, 0.25) is 0 Å². The minimum absolute atomic E-state index is 0.407. The van der Waals surface area contributed by atoms with E-state index >= 15 is 0 Å². The van der Waals surface area contributed by atoms with E-state index in [0.717, 1.165) is 36.7 Å². The molecule has 0 radical (unpaired) electrons. The van der Waals surface area contributed by atoms with Crippen molar-refractivity contribution in [3.05, 3.63) is 17.6 Å². The van der Waals surface area contributed by atoms with Crippen LogP contribution in [0.25, 0.3) is 0 Å². The Hall–Kier alpha value is -1.16. The van der Waals surface area contributed by atoms with Crippen molar-refractivity contribution < 1.29 is 0 Å². The van der Waals surface area contributed by atoms with Crippen molar-refractivity contribution in [3.8, 4) is 0 Å². The minimum Gasteiger partial charge on any atom is -0.367 e. The van der Waals surface area contributed by atoms with Crippen molar-refractivity contribution >= 4 is 5.82 Å². The van der Waals surface area contributed by atoms with E-state index in [1.165, 1.54) is 0 Å². The number of fused-ring (bicyclic) bond motifs is 1. The van der Waals surface area contributed by atoms with Gasteiger partial charge in [0.15, 0.2) is 0 Å². The average Bonchev–Trinajstić information content (AvgIpc) is 2.17. The van der Waals surface area contributed by atoms with Gasteiger partial charge in [0, 0.05) is 25.6 Å². The zero-order chi connectivity index (χ0) is 9.97. The number of nitrogens with zero attached hydrogens (tertiary/aromatic N) is 2. The Morgan fingerprint density at radius 2 is 2.29 bits per heavy atom. The summed E-state index contributed by atoms with van der Waals surface area (Å²) in [6.45, 7) is 6.06. The lowest BCUT2D eigenvalue weighted by atomic mass is 10.2. The summed E-state index contributed by atoms with van der Waals surface area (Å²) >= 11 is 0. The molecule has 0 unspecified atom stereocenters. The molecule has 1 aromatic rings. The van der Waals surface area contributed by atoms with Gasteiger partial charge in [-0.15, -0.1) is 0 Å². The fourth-order valence-electron chi connectivity index (χ4n) is 1.58. The molecule has 0 saturated carbocycles. The highest BCUT2D eigenvalue weighted by molar-refractivity contribution is 5.35. The first-order chi connectivity index (χ1) is 6.75. The van der Waals surface area contributed by atoms with Crippen LogP contribution in [-0.4, -0.2) is 22.6 Å². The predicted octanol–water partition coefficient (Wildman–Crippen LogP) is 0.943. The van der Waals surface area contributed by atoms with Gasteiger partial charge in [0.05, 0.1) is 17.6 Å². The summed E-state index contributed by atoms with van der Waals surface area (Å²) in [6, 6.07) is 0.407. The maximum atomic E-state index is 4.54. The third kappa shape index (κ3) is 2.01. The Labute approximate surface area is 84.2 Å². The number of hydrogen-bond acceptors (Lipinski definition) is 4. The molecule has 0 atom stereocenters. The third-order valence-corrected chi connectivity index (χ3v) is 2.20. The van der Waals surface area contributed by atoms with E-state index < -0.39 is 0 Å². The lowest BCUT2D eigenvalue weighted by Crippen LogP contribution is -2.26. The second kappa shape index (κ2) is 3.92. The summed E-state index contributed by atoms with van der Waals surface area (Å²) in [4.78, 5) is 8.92. The maximum absolute atomic E-state index is 4.54. The molecule has 1 aromatic heterocycles. The van der Waals surface area contributed by atoms with Crippen LogP contribution in [0.3, 0.4) is 0 Å². The number of aromatic nitrogens is 2. The third-order valence-electron chi connectivity index (χ3n) is 2.20. The van der Waals surface area contributed by atoms with E-state index in [1.807, 2.05) is 6.20 Å². The average molecular weight is 192 g/mol. The van der Waals surface area contributed by atoms with Gasteiger partial charge in [0.1, 0.15) is 5.82 Å². The topological polar surface area (TPSA) is 49.8 Å². The highest BCUT2D eigenvalue weighted by Gasteiger charge is 2.11. The molecule has 14 heavy (non-hydrogen) atoms. The Balaban J connectivity index is 2.20. The molecule has 2 rings (SSSR count). The van der Waals surface area contributed by atoms with Gasteiger partial charge < -0.3 is 10.6 Å². The summed E-state index contributed by atoms with van der Waals surface area (Å²) in [6.07, 6.45) is 2.79.